The molecule has 0 saturated carbocycles. The molecule has 2 rings (SSSR count). The molecule has 0 bridgehead atoms. The van der Waals surface area contributed by atoms with E-state index in [4.69, 9.17) is 9.84 Å². The van der Waals surface area contributed by atoms with Crippen molar-refractivity contribution < 1.29 is 14.6 Å². The minimum absolute atomic E-state index is 0.315. The van der Waals surface area contributed by atoms with Crippen LogP contribution in [0.1, 0.15) is 11.9 Å². The van der Waals surface area contributed by atoms with E-state index in [0.717, 1.165) is 21.6 Å². The van der Waals surface area contributed by atoms with E-state index in [-0.39, 0.29) is 6.61 Å². The second kappa shape index (κ2) is 4.49. The fourth-order valence-corrected chi connectivity index (χ4v) is 2.27. The van der Waals surface area contributed by atoms with Crippen molar-refractivity contribution in [2.75, 3.05) is 6.61 Å². The minimum Gasteiger partial charge on any atom is -0.482 e. The van der Waals surface area contributed by atoms with Crippen molar-refractivity contribution in [3.8, 4) is 5.75 Å². The molecule has 0 fully saturated rings. The molecule has 0 atom stereocenters. The van der Waals surface area contributed by atoms with Gasteiger partial charge in [0.15, 0.2) is 6.61 Å². The van der Waals surface area contributed by atoms with Crippen LogP contribution in [-0.4, -0.2) is 22.7 Å². The van der Waals surface area contributed by atoms with Gasteiger partial charge in [0.25, 0.3) is 0 Å². The van der Waals surface area contributed by atoms with Crippen molar-refractivity contribution >= 4 is 27.5 Å². The number of carboxylic acid groups (broad SMARTS) is 1. The predicted octanol–water partition coefficient (Wildman–Crippen LogP) is 2.32. The van der Waals surface area contributed by atoms with Crippen LogP contribution in [0.25, 0.3) is 10.2 Å². The lowest BCUT2D eigenvalue weighted by atomic mass is 10.3. The highest BCUT2D eigenvalue weighted by atomic mass is 32.1. The lowest BCUT2D eigenvalue weighted by Gasteiger charge is -2.01. The van der Waals surface area contributed by atoms with Gasteiger partial charge in [-0.3, -0.25) is 0 Å². The molecule has 0 saturated heterocycles. The van der Waals surface area contributed by atoms with Crippen molar-refractivity contribution in [3.05, 3.63) is 23.2 Å². The number of hydrogen-bond acceptors (Lipinski definition) is 4. The van der Waals surface area contributed by atoms with Crippen LogP contribution >= 0.6 is 11.3 Å². The van der Waals surface area contributed by atoms with E-state index in [2.05, 4.69) is 11.9 Å². The topological polar surface area (TPSA) is 59.4 Å². The van der Waals surface area contributed by atoms with Crippen LogP contribution in [0.4, 0.5) is 0 Å². The van der Waals surface area contributed by atoms with Crippen molar-refractivity contribution in [2.45, 2.75) is 13.3 Å². The molecule has 4 nitrogen and oxygen atoms in total. The molecular weight excluding hydrogens is 226 g/mol. The summed E-state index contributed by atoms with van der Waals surface area (Å²) in [6.07, 6.45) is 0.907. The molecule has 84 valence electrons. The van der Waals surface area contributed by atoms with Gasteiger partial charge >= 0.3 is 5.97 Å². The molecule has 0 aliphatic rings. The van der Waals surface area contributed by atoms with Crippen molar-refractivity contribution in [3.63, 3.8) is 0 Å². The maximum atomic E-state index is 10.4. The van der Waals surface area contributed by atoms with E-state index in [1.54, 1.807) is 17.4 Å². The lowest BCUT2D eigenvalue weighted by Crippen LogP contribution is -2.09. The number of aliphatic carboxylic acids is 1. The Morgan fingerprint density at radius 2 is 2.38 bits per heavy atom. The quantitative estimate of drug-likeness (QED) is 0.886. The largest absolute Gasteiger partial charge is 0.482 e. The Labute approximate surface area is 96.5 Å². The van der Waals surface area contributed by atoms with E-state index in [1.165, 1.54) is 0 Å². The van der Waals surface area contributed by atoms with Gasteiger partial charge in [0, 0.05) is 0 Å². The van der Waals surface area contributed by atoms with Gasteiger partial charge in [0.2, 0.25) is 0 Å². The number of aryl methyl sites for hydroxylation is 1. The maximum absolute atomic E-state index is 10.4. The summed E-state index contributed by atoms with van der Waals surface area (Å²) in [7, 11) is 0. The van der Waals surface area contributed by atoms with Gasteiger partial charge in [-0.2, -0.15) is 0 Å². The van der Waals surface area contributed by atoms with E-state index in [0.29, 0.717) is 5.75 Å². The SMILES string of the molecule is CCc1nc2ccc(OCC(=O)O)cc2s1. The third kappa shape index (κ3) is 2.30. The van der Waals surface area contributed by atoms with Crippen molar-refractivity contribution in [1.29, 1.82) is 0 Å². The summed E-state index contributed by atoms with van der Waals surface area (Å²) in [4.78, 5) is 14.8. The standard InChI is InChI=1S/C11H11NO3S/c1-2-10-12-8-4-3-7(5-9(8)16-10)15-6-11(13)14/h3-5H,2,6H2,1H3,(H,13,14). The van der Waals surface area contributed by atoms with Gasteiger partial charge in [0.05, 0.1) is 15.2 Å². The summed E-state index contributed by atoms with van der Waals surface area (Å²) in [6.45, 7) is 1.74. The van der Waals surface area contributed by atoms with Gasteiger partial charge in [0.1, 0.15) is 5.75 Å². The predicted molar refractivity (Wildman–Crippen MR) is 62.1 cm³/mol. The van der Waals surface area contributed by atoms with Crippen molar-refractivity contribution in [2.24, 2.45) is 0 Å². The maximum Gasteiger partial charge on any atom is 0.341 e. The molecule has 0 spiro atoms. The minimum atomic E-state index is -0.973. The molecule has 5 heteroatoms. The highest BCUT2D eigenvalue weighted by molar-refractivity contribution is 7.18. The molecule has 0 unspecified atom stereocenters. The molecule has 0 radical (unpaired) electrons. The summed E-state index contributed by atoms with van der Waals surface area (Å²) in [5.41, 5.74) is 0.935. The molecular formula is C11H11NO3S. The lowest BCUT2D eigenvalue weighted by molar-refractivity contribution is -0.139. The average Bonchev–Trinajstić information content (AvgIpc) is 2.68. The highest BCUT2D eigenvalue weighted by Gasteiger charge is 2.05. The number of carboxylic acids is 1. The first kappa shape index (κ1) is 10.9. The van der Waals surface area contributed by atoms with E-state index >= 15 is 0 Å². The zero-order valence-electron chi connectivity index (χ0n) is 8.77. The van der Waals surface area contributed by atoms with E-state index in [1.807, 2.05) is 12.1 Å². The first-order valence-electron chi connectivity index (χ1n) is 4.93. The van der Waals surface area contributed by atoms with Crippen LogP contribution in [-0.2, 0) is 11.2 Å². The van der Waals surface area contributed by atoms with E-state index in [9.17, 15) is 4.79 Å². The number of hydrogen-bond donors (Lipinski definition) is 1. The zero-order valence-corrected chi connectivity index (χ0v) is 9.58. The number of aromatic nitrogens is 1. The third-order valence-corrected chi connectivity index (χ3v) is 3.23. The van der Waals surface area contributed by atoms with Crippen molar-refractivity contribution in [1.82, 2.24) is 4.98 Å². The molecule has 16 heavy (non-hydrogen) atoms. The van der Waals surface area contributed by atoms with Crippen LogP contribution in [0.2, 0.25) is 0 Å². The fraction of sp³-hybridized carbons (Fsp3) is 0.273. The number of fused-ring (bicyclic) bond motifs is 1. The number of ether oxygens (including phenoxy) is 1. The Hall–Kier alpha value is -1.62. The number of thiazole rings is 1. The van der Waals surface area contributed by atoms with Crippen LogP contribution in [0.3, 0.4) is 0 Å². The monoisotopic (exact) mass is 237 g/mol. The normalized spacial score (nSPS) is 10.6. The molecule has 2 aromatic rings. The molecule has 0 amide bonds. The van der Waals surface area contributed by atoms with E-state index < -0.39 is 5.97 Å². The Morgan fingerprint density at radius 3 is 3.06 bits per heavy atom. The molecule has 1 heterocycles. The Balaban J connectivity index is 2.25. The smallest absolute Gasteiger partial charge is 0.341 e. The third-order valence-electron chi connectivity index (χ3n) is 2.07. The highest BCUT2D eigenvalue weighted by Crippen LogP contribution is 2.26. The zero-order chi connectivity index (χ0) is 11.5. The Bertz CT molecular complexity index is 521. The van der Waals surface area contributed by atoms with Gasteiger partial charge in [-0.05, 0) is 24.6 Å². The number of nitrogens with zero attached hydrogens (tertiary/aromatic N) is 1. The van der Waals surface area contributed by atoms with Crippen LogP contribution in [0.5, 0.6) is 5.75 Å². The first-order chi connectivity index (χ1) is 7.69. The fourth-order valence-electron chi connectivity index (χ4n) is 1.34. The number of rotatable bonds is 4. The van der Waals surface area contributed by atoms with Gasteiger partial charge < -0.3 is 9.84 Å². The summed E-state index contributed by atoms with van der Waals surface area (Å²) in [5.74, 6) is -0.403. The summed E-state index contributed by atoms with van der Waals surface area (Å²) in [6, 6.07) is 5.42. The number of benzene rings is 1. The molecule has 1 N–H and O–H groups in total. The van der Waals surface area contributed by atoms with Gasteiger partial charge in [-0.15, -0.1) is 11.3 Å². The molecule has 1 aromatic heterocycles. The average molecular weight is 237 g/mol. The summed E-state index contributed by atoms with van der Waals surface area (Å²) >= 11 is 1.61. The van der Waals surface area contributed by atoms with Gasteiger partial charge in [-0.25, -0.2) is 9.78 Å². The van der Waals surface area contributed by atoms with Crippen LogP contribution < -0.4 is 4.74 Å². The molecule has 0 aliphatic carbocycles. The summed E-state index contributed by atoms with van der Waals surface area (Å²) < 4.78 is 6.13. The van der Waals surface area contributed by atoms with Gasteiger partial charge in [-0.1, -0.05) is 6.92 Å². The Morgan fingerprint density at radius 1 is 1.56 bits per heavy atom. The number of carbonyl (C=O) groups is 1. The second-order valence-electron chi connectivity index (χ2n) is 3.27. The Kier molecular flexibility index (Phi) is 3.05. The van der Waals surface area contributed by atoms with Crippen LogP contribution in [0, 0.1) is 0 Å². The molecule has 1 aromatic carbocycles. The second-order valence-corrected chi connectivity index (χ2v) is 4.39. The molecule has 0 aliphatic heterocycles. The summed E-state index contributed by atoms with van der Waals surface area (Å²) in [5, 5.41) is 9.57. The first-order valence-corrected chi connectivity index (χ1v) is 5.74. The van der Waals surface area contributed by atoms with Crippen LogP contribution in [0.15, 0.2) is 18.2 Å².